The van der Waals surface area contributed by atoms with Crippen molar-refractivity contribution in [2.75, 3.05) is 17.7 Å². The molecule has 170 valence electrons. The van der Waals surface area contributed by atoms with Gasteiger partial charge in [0.15, 0.2) is 6.61 Å². The number of carbonyl (C=O) groups excluding carboxylic acids is 3. The molecule has 2 amide bonds. The highest BCUT2D eigenvalue weighted by Gasteiger charge is 2.16. The molecule has 0 fully saturated rings. The normalized spacial score (nSPS) is 10.4. The molecule has 0 unspecified atom stereocenters. The maximum atomic E-state index is 13.0. The lowest BCUT2D eigenvalue weighted by Crippen LogP contribution is -2.28. The third kappa shape index (κ3) is 7.73. The van der Waals surface area contributed by atoms with Gasteiger partial charge in [0.1, 0.15) is 11.6 Å². The summed E-state index contributed by atoms with van der Waals surface area (Å²) in [4.78, 5) is 37.1. The molecule has 3 aromatic carbocycles. The molecule has 3 rings (SSSR count). The molecule has 0 aliphatic carbocycles. The Balaban J connectivity index is 1.48. The van der Waals surface area contributed by atoms with Gasteiger partial charge in [0.2, 0.25) is 5.91 Å². The first kappa shape index (κ1) is 23.9. The Kier molecular flexibility index (Phi) is 8.54. The number of thioether (sulfide) groups is 1. The predicted molar refractivity (Wildman–Crippen MR) is 121 cm³/mol. The van der Waals surface area contributed by atoms with Crippen molar-refractivity contribution < 1.29 is 27.9 Å². The van der Waals surface area contributed by atoms with Crippen LogP contribution in [0.3, 0.4) is 0 Å². The van der Waals surface area contributed by atoms with E-state index in [1.54, 1.807) is 36.4 Å². The van der Waals surface area contributed by atoms with Gasteiger partial charge in [-0.05, 0) is 54.1 Å². The zero-order chi connectivity index (χ0) is 23.6. The van der Waals surface area contributed by atoms with Crippen LogP contribution in [0.4, 0.5) is 14.5 Å². The molecule has 0 saturated carbocycles. The number of amides is 2. The summed E-state index contributed by atoms with van der Waals surface area (Å²) in [7, 11) is 0. The Morgan fingerprint density at radius 1 is 0.818 bits per heavy atom. The molecular formula is C24H20F2N2O4S. The number of benzene rings is 3. The minimum atomic E-state index is -0.700. The molecule has 0 aliphatic heterocycles. The van der Waals surface area contributed by atoms with Crippen molar-refractivity contribution in [1.82, 2.24) is 5.32 Å². The molecule has 0 bridgehead atoms. The Bertz CT molecular complexity index is 1120. The molecule has 0 heterocycles. The van der Waals surface area contributed by atoms with Crippen LogP contribution in [-0.2, 0) is 20.9 Å². The topological polar surface area (TPSA) is 84.5 Å². The summed E-state index contributed by atoms with van der Waals surface area (Å²) in [6.45, 7) is -0.309. The first-order chi connectivity index (χ1) is 15.9. The number of nitrogens with one attached hydrogen (secondary N) is 2. The summed E-state index contributed by atoms with van der Waals surface area (Å²) >= 11 is 1.13. The molecule has 2 N–H and O–H groups in total. The second kappa shape index (κ2) is 11.8. The summed E-state index contributed by atoms with van der Waals surface area (Å²) in [5.74, 6) is -2.29. The van der Waals surface area contributed by atoms with Crippen molar-refractivity contribution in [1.29, 1.82) is 0 Å². The number of hydrogen-bond acceptors (Lipinski definition) is 5. The van der Waals surface area contributed by atoms with Gasteiger partial charge >= 0.3 is 5.97 Å². The molecule has 0 atom stereocenters. The number of carbonyl (C=O) groups is 3. The molecule has 0 saturated heterocycles. The lowest BCUT2D eigenvalue weighted by molar-refractivity contribution is -0.124. The van der Waals surface area contributed by atoms with Crippen LogP contribution in [0.2, 0.25) is 0 Å². The van der Waals surface area contributed by atoms with Crippen molar-refractivity contribution in [3.05, 3.63) is 95.6 Å². The highest BCUT2D eigenvalue weighted by molar-refractivity contribution is 8.00. The van der Waals surface area contributed by atoms with E-state index < -0.39 is 24.3 Å². The number of halogens is 2. The average Bonchev–Trinajstić information content (AvgIpc) is 2.82. The lowest BCUT2D eigenvalue weighted by atomic mass is 10.2. The van der Waals surface area contributed by atoms with E-state index >= 15 is 0 Å². The average molecular weight is 470 g/mol. The Morgan fingerprint density at radius 2 is 1.45 bits per heavy atom. The minimum Gasteiger partial charge on any atom is -0.452 e. The maximum absolute atomic E-state index is 13.0. The van der Waals surface area contributed by atoms with E-state index in [1.807, 2.05) is 0 Å². The van der Waals surface area contributed by atoms with Crippen LogP contribution in [0.15, 0.2) is 77.7 Å². The van der Waals surface area contributed by atoms with E-state index in [4.69, 9.17) is 4.74 Å². The van der Waals surface area contributed by atoms with Crippen molar-refractivity contribution in [2.45, 2.75) is 11.4 Å². The van der Waals surface area contributed by atoms with Crippen LogP contribution >= 0.6 is 11.8 Å². The van der Waals surface area contributed by atoms with Crippen molar-refractivity contribution >= 4 is 35.2 Å². The van der Waals surface area contributed by atoms with Gasteiger partial charge in [0.05, 0.1) is 11.3 Å². The van der Waals surface area contributed by atoms with Crippen LogP contribution in [0.5, 0.6) is 0 Å². The van der Waals surface area contributed by atoms with Crippen molar-refractivity contribution in [3.63, 3.8) is 0 Å². The van der Waals surface area contributed by atoms with Gasteiger partial charge in [-0.1, -0.05) is 24.3 Å². The molecule has 6 nitrogen and oxygen atoms in total. The highest BCUT2D eigenvalue weighted by atomic mass is 32.2. The smallest absolute Gasteiger partial charge is 0.339 e. The summed E-state index contributed by atoms with van der Waals surface area (Å²) in [6.07, 6.45) is 0. The number of hydrogen-bond donors (Lipinski definition) is 2. The van der Waals surface area contributed by atoms with Gasteiger partial charge in [-0.25, -0.2) is 13.6 Å². The lowest BCUT2D eigenvalue weighted by Gasteiger charge is -2.10. The quantitative estimate of drug-likeness (QED) is 0.362. The summed E-state index contributed by atoms with van der Waals surface area (Å²) < 4.78 is 31.0. The number of ether oxygens (including phenoxy) is 1. The van der Waals surface area contributed by atoms with E-state index in [1.165, 1.54) is 36.4 Å². The predicted octanol–water partition coefficient (Wildman–Crippen LogP) is 4.17. The van der Waals surface area contributed by atoms with Crippen molar-refractivity contribution in [3.8, 4) is 0 Å². The Hall–Kier alpha value is -3.72. The van der Waals surface area contributed by atoms with Gasteiger partial charge < -0.3 is 15.4 Å². The standard InChI is InChI=1S/C24H20F2N2O4S/c25-17-7-5-16(6-8-17)13-27-22(29)14-32-24(31)20-3-1-2-4-21(20)33-15-23(30)28-19-11-9-18(26)10-12-19/h1-12H,13-15H2,(H,27,29)(H,28,30). The first-order valence-corrected chi connectivity index (χ1v) is 10.8. The van der Waals surface area contributed by atoms with Gasteiger partial charge in [-0.15, -0.1) is 11.8 Å². The van der Waals surface area contributed by atoms with Crippen LogP contribution in [0, 0.1) is 11.6 Å². The van der Waals surface area contributed by atoms with Crippen molar-refractivity contribution in [2.24, 2.45) is 0 Å². The molecule has 0 radical (unpaired) electrons. The summed E-state index contributed by atoms with van der Waals surface area (Å²) in [5, 5.41) is 5.23. The van der Waals surface area contributed by atoms with Crippen LogP contribution in [0.1, 0.15) is 15.9 Å². The van der Waals surface area contributed by atoms with Crippen LogP contribution in [0.25, 0.3) is 0 Å². The minimum absolute atomic E-state index is 0.0137. The zero-order valence-electron chi connectivity index (χ0n) is 17.3. The fourth-order valence-electron chi connectivity index (χ4n) is 2.70. The third-order valence-corrected chi connectivity index (χ3v) is 5.40. The molecule has 0 spiro atoms. The zero-order valence-corrected chi connectivity index (χ0v) is 18.2. The van der Waals surface area contributed by atoms with E-state index in [2.05, 4.69) is 10.6 Å². The number of anilines is 1. The van der Waals surface area contributed by atoms with Crippen LogP contribution in [-0.4, -0.2) is 30.1 Å². The largest absolute Gasteiger partial charge is 0.452 e. The monoisotopic (exact) mass is 470 g/mol. The molecular weight excluding hydrogens is 450 g/mol. The van der Waals surface area contributed by atoms with Crippen LogP contribution < -0.4 is 10.6 Å². The Labute approximate surface area is 193 Å². The first-order valence-electron chi connectivity index (χ1n) is 9.86. The second-order valence-electron chi connectivity index (χ2n) is 6.82. The third-order valence-electron chi connectivity index (χ3n) is 4.33. The van der Waals surface area contributed by atoms with Gasteiger partial charge in [0, 0.05) is 17.1 Å². The second-order valence-corrected chi connectivity index (χ2v) is 7.84. The van der Waals surface area contributed by atoms with Gasteiger partial charge in [0.25, 0.3) is 5.91 Å². The highest BCUT2D eigenvalue weighted by Crippen LogP contribution is 2.23. The number of esters is 1. The molecule has 0 aliphatic rings. The Morgan fingerprint density at radius 3 is 2.15 bits per heavy atom. The van der Waals surface area contributed by atoms with E-state index in [0.717, 1.165) is 11.8 Å². The fraction of sp³-hybridized carbons (Fsp3) is 0.125. The molecule has 33 heavy (non-hydrogen) atoms. The van der Waals surface area contributed by atoms with E-state index in [-0.39, 0.29) is 29.6 Å². The van der Waals surface area contributed by atoms with Gasteiger partial charge in [-0.3, -0.25) is 9.59 Å². The maximum Gasteiger partial charge on any atom is 0.339 e. The summed E-state index contributed by atoms with van der Waals surface area (Å²) in [5.41, 5.74) is 1.39. The summed E-state index contributed by atoms with van der Waals surface area (Å²) in [6, 6.07) is 17.6. The van der Waals surface area contributed by atoms with E-state index in [0.29, 0.717) is 16.1 Å². The molecule has 9 heteroatoms. The SMILES string of the molecule is O=C(COC(=O)c1ccccc1SCC(=O)Nc1ccc(F)cc1)NCc1ccc(F)cc1. The molecule has 3 aromatic rings. The molecule has 0 aromatic heterocycles. The fourth-order valence-corrected chi connectivity index (χ4v) is 3.54. The van der Waals surface area contributed by atoms with Gasteiger partial charge in [-0.2, -0.15) is 0 Å². The number of rotatable bonds is 9. The van der Waals surface area contributed by atoms with E-state index in [9.17, 15) is 23.2 Å².